The molecule has 0 radical (unpaired) electrons. The van der Waals surface area contributed by atoms with Crippen LogP contribution in [0, 0.1) is 12.8 Å². The number of pyridine rings is 1. The predicted molar refractivity (Wildman–Crippen MR) is 169 cm³/mol. The van der Waals surface area contributed by atoms with Gasteiger partial charge in [-0.05, 0) is 64.5 Å². The number of nitrogens with zero attached hydrogens (tertiary/aromatic N) is 2. The molecule has 2 aromatic rings. The van der Waals surface area contributed by atoms with Gasteiger partial charge in [0.2, 0.25) is 0 Å². The molecule has 1 N–H and O–H groups in total. The standard InChI is InChI=1S/C18H24N2O2.C7H15FO.C4H7F2NO.2C2H6/c1-3-22-18(21)16-13(2)20(12-14-8-5-4-6-9-14)17-15(16)10-7-11-19-17;1-4-7(5-2)9-6(3)8;5-4(6)8-3-1-7-2-3;2*1-2/h7,10-11,14H,3-6,8-9,12H2,1-2H3;6-7H,4-5H2,1-3H3;3-4,7H,1-2H2;2*1-2H3. The van der Waals surface area contributed by atoms with Gasteiger partial charge >= 0.3 is 12.6 Å². The summed E-state index contributed by atoms with van der Waals surface area (Å²) in [5.74, 6) is 0.459. The Labute approximate surface area is 258 Å². The third-order valence-corrected chi connectivity index (χ3v) is 7.05. The minimum atomic E-state index is -2.61. The summed E-state index contributed by atoms with van der Waals surface area (Å²) in [4.78, 5) is 16.8. The zero-order valence-corrected chi connectivity index (χ0v) is 28.1. The Bertz CT molecular complexity index is 974. The fraction of sp³-hybridized carbons (Fsp3) is 0.758. The van der Waals surface area contributed by atoms with Crippen LogP contribution >= 0.6 is 0 Å². The zero-order valence-electron chi connectivity index (χ0n) is 28.1. The molecule has 4 rings (SSSR count). The van der Waals surface area contributed by atoms with Crippen molar-refractivity contribution in [3.8, 4) is 0 Å². The Kier molecular flexibility index (Phi) is 23.0. The highest BCUT2D eigenvalue weighted by Crippen LogP contribution is 2.30. The maximum absolute atomic E-state index is 12.3. The molecular weight excluding hydrogens is 559 g/mol. The van der Waals surface area contributed by atoms with Crippen LogP contribution in [-0.2, 0) is 20.8 Å². The van der Waals surface area contributed by atoms with E-state index >= 15 is 0 Å². The molecule has 1 saturated heterocycles. The Morgan fingerprint density at radius 1 is 1.05 bits per heavy atom. The van der Waals surface area contributed by atoms with Crippen LogP contribution in [-0.4, -0.2) is 60.4 Å². The first kappa shape index (κ1) is 40.8. The van der Waals surface area contributed by atoms with Crippen molar-refractivity contribution < 1.29 is 32.2 Å². The van der Waals surface area contributed by atoms with Crippen LogP contribution in [0.25, 0.3) is 11.0 Å². The quantitative estimate of drug-likeness (QED) is 0.269. The van der Waals surface area contributed by atoms with Crippen molar-refractivity contribution in [2.45, 2.75) is 139 Å². The maximum Gasteiger partial charge on any atom is 0.345 e. The van der Waals surface area contributed by atoms with Crippen LogP contribution in [0.3, 0.4) is 0 Å². The van der Waals surface area contributed by atoms with Gasteiger partial charge in [-0.2, -0.15) is 8.78 Å². The van der Waals surface area contributed by atoms with E-state index in [0.29, 0.717) is 31.2 Å². The Morgan fingerprint density at radius 2 is 1.65 bits per heavy atom. The van der Waals surface area contributed by atoms with E-state index in [2.05, 4.69) is 19.6 Å². The molecule has 0 aromatic carbocycles. The number of halogens is 3. The van der Waals surface area contributed by atoms with E-state index in [4.69, 9.17) is 9.47 Å². The number of carbonyl (C=O) groups excluding carboxylic acids is 1. The Balaban J connectivity index is 0.000000695. The number of ether oxygens (including phenoxy) is 3. The summed E-state index contributed by atoms with van der Waals surface area (Å²) in [5, 5.41) is 3.72. The van der Waals surface area contributed by atoms with E-state index in [0.717, 1.165) is 36.1 Å². The lowest BCUT2D eigenvalue weighted by atomic mass is 9.89. The fourth-order valence-corrected chi connectivity index (χ4v) is 4.86. The summed E-state index contributed by atoms with van der Waals surface area (Å²) < 4.78 is 51.0. The van der Waals surface area contributed by atoms with Gasteiger partial charge in [0.1, 0.15) is 5.65 Å². The van der Waals surface area contributed by atoms with Crippen molar-refractivity contribution in [2.75, 3.05) is 19.7 Å². The van der Waals surface area contributed by atoms with Crippen molar-refractivity contribution in [1.82, 2.24) is 14.9 Å². The van der Waals surface area contributed by atoms with Crippen LogP contribution < -0.4 is 5.32 Å². The molecule has 2 fully saturated rings. The van der Waals surface area contributed by atoms with E-state index in [-0.39, 0.29) is 18.2 Å². The minimum absolute atomic E-state index is 0.102. The van der Waals surface area contributed by atoms with Crippen molar-refractivity contribution in [2.24, 2.45) is 5.92 Å². The smallest absolute Gasteiger partial charge is 0.345 e. The molecular formula is C33H58F3N3O4. The van der Waals surface area contributed by atoms with Gasteiger partial charge in [-0.25, -0.2) is 14.2 Å². The highest BCUT2D eigenvalue weighted by Gasteiger charge is 2.24. The summed E-state index contributed by atoms with van der Waals surface area (Å²) in [6.07, 6.45) is 8.87. The molecule has 2 aromatic heterocycles. The zero-order chi connectivity index (χ0) is 32.8. The largest absolute Gasteiger partial charge is 0.462 e. The van der Waals surface area contributed by atoms with Crippen LogP contribution in [0.2, 0.25) is 0 Å². The molecule has 3 heterocycles. The average Bonchev–Trinajstić information content (AvgIpc) is 3.28. The molecule has 1 saturated carbocycles. The van der Waals surface area contributed by atoms with Crippen molar-refractivity contribution in [3.63, 3.8) is 0 Å². The topological polar surface area (TPSA) is 74.6 Å². The van der Waals surface area contributed by atoms with Gasteiger partial charge in [0.25, 0.3) is 0 Å². The third kappa shape index (κ3) is 14.9. The summed E-state index contributed by atoms with van der Waals surface area (Å²) in [7, 11) is 0. The number of rotatable bonds is 10. The minimum Gasteiger partial charge on any atom is -0.462 e. The van der Waals surface area contributed by atoms with E-state index in [9.17, 15) is 18.0 Å². The van der Waals surface area contributed by atoms with Gasteiger partial charge in [0.05, 0.1) is 24.4 Å². The van der Waals surface area contributed by atoms with E-state index in [1.807, 2.05) is 67.5 Å². The molecule has 1 unspecified atom stereocenters. The third-order valence-electron chi connectivity index (χ3n) is 7.05. The molecule has 43 heavy (non-hydrogen) atoms. The van der Waals surface area contributed by atoms with Crippen molar-refractivity contribution >= 4 is 17.0 Å². The first-order valence-corrected chi connectivity index (χ1v) is 16.3. The van der Waals surface area contributed by atoms with Gasteiger partial charge in [-0.15, -0.1) is 0 Å². The number of nitrogens with one attached hydrogen (secondary N) is 1. The second-order valence-electron chi connectivity index (χ2n) is 9.96. The first-order valence-electron chi connectivity index (χ1n) is 16.3. The maximum atomic E-state index is 12.3. The van der Waals surface area contributed by atoms with Gasteiger partial charge in [-0.3, -0.25) is 0 Å². The van der Waals surface area contributed by atoms with Gasteiger partial charge in [0, 0.05) is 36.9 Å². The molecule has 0 spiro atoms. The summed E-state index contributed by atoms with van der Waals surface area (Å²) >= 11 is 0. The lowest BCUT2D eigenvalue weighted by Crippen LogP contribution is -2.49. The number of carbonyl (C=O) groups is 1. The second kappa shape index (κ2) is 24.2. The highest BCUT2D eigenvalue weighted by molar-refractivity contribution is 6.04. The molecule has 1 atom stereocenters. The van der Waals surface area contributed by atoms with E-state index in [1.54, 1.807) is 6.20 Å². The van der Waals surface area contributed by atoms with Gasteiger partial charge in [-0.1, -0.05) is 60.8 Å². The molecule has 0 amide bonds. The van der Waals surface area contributed by atoms with E-state index < -0.39 is 13.0 Å². The molecule has 1 aliphatic carbocycles. The number of fused-ring (bicyclic) bond motifs is 1. The van der Waals surface area contributed by atoms with Gasteiger partial charge in [0.15, 0.2) is 6.36 Å². The lowest BCUT2D eigenvalue weighted by Gasteiger charge is -2.26. The number of hydrogen-bond donors (Lipinski definition) is 1. The van der Waals surface area contributed by atoms with Crippen molar-refractivity contribution in [1.29, 1.82) is 0 Å². The van der Waals surface area contributed by atoms with Crippen LogP contribution in [0.5, 0.6) is 0 Å². The Morgan fingerprint density at radius 3 is 2.07 bits per heavy atom. The number of hydrogen-bond acceptors (Lipinski definition) is 6. The van der Waals surface area contributed by atoms with Crippen LogP contribution in [0.1, 0.15) is 116 Å². The van der Waals surface area contributed by atoms with Crippen LogP contribution in [0.4, 0.5) is 13.2 Å². The average molecular weight is 618 g/mol. The fourth-order valence-electron chi connectivity index (χ4n) is 4.86. The molecule has 10 heteroatoms. The SMILES string of the molecule is CC.CC.CCC(CC)OC(C)F.CCOC(=O)c1c(C)n(CC2CCCCC2)c2ncccc12.FC(F)OC1CNC1. The lowest BCUT2D eigenvalue weighted by molar-refractivity contribution is -0.173. The van der Waals surface area contributed by atoms with Crippen molar-refractivity contribution in [3.05, 3.63) is 29.6 Å². The monoisotopic (exact) mass is 617 g/mol. The molecule has 2 aliphatic rings. The van der Waals surface area contributed by atoms with Crippen LogP contribution in [0.15, 0.2) is 18.3 Å². The Hall–Kier alpha value is -2.17. The molecule has 250 valence electrons. The molecule has 0 bridgehead atoms. The summed E-state index contributed by atoms with van der Waals surface area (Å²) in [6.45, 7) is 17.1. The predicted octanol–water partition coefficient (Wildman–Crippen LogP) is 8.86. The normalized spacial score (nSPS) is 15.5. The summed E-state index contributed by atoms with van der Waals surface area (Å²) in [6, 6.07) is 3.86. The summed E-state index contributed by atoms with van der Waals surface area (Å²) in [5.41, 5.74) is 2.58. The number of aromatic nitrogens is 2. The second-order valence-corrected chi connectivity index (χ2v) is 9.96. The van der Waals surface area contributed by atoms with E-state index in [1.165, 1.54) is 39.0 Å². The molecule has 7 nitrogen and oxygen atoms in total. The molecule has 1 aliphatic heterocycles. The number of esters is 1. The van der Waals surface area contributed by atoms with Gasteiger partial charge < -0.3 is 24.1 Å². The number of alkyl halides is 3. The highest BCUT2D eigenvalue weighted by atomic mass is 19.3. The first-order chi connectivity index (χ1) is 20.7.